The Bertz CT molecular complexity index is 1000. The fraction of sp³-hybridized carbons (Fsp3) is 0.333. The molecule has 0 atom stereocenters. The lowest BCUT2D eigenvalue weighted by Crippen LogP contribution is -2.48. The zero-order valence-corrected chi connectivity index (χ0v) is 17.3. The molecule has 0 aliphatic carbocycles. The van der Waals surface area contributed by atoms with Crippen molar-refractivity contribution in [2.75, 3.05) is 37.3 Å². The highest BCUT2D eigenvalue weighted by Crippen LogP contribution is 2.34. The first-order valence-electron chi connectivity index (χ1n) is 8.55. The molecule has 28 heavy (non-hydrogen) atoms. The molecule has 0 aromatic heterocycles. The Kier molecular flexibility index (Phi) is 6.66. The van der Waals surface area contributed by atoms with Gasteiger partial charge in [-0.05, 0) is 13.0 Å². The van der Waals surface area contributed by atoms with Crippen molar-refractivity contribution < 1.29 is 13.9 Å². The number of aromatic nitrogens is 3. The van der Waals surface area contributed by atoms with E-state index in [-0.39, 0.29) is 17.9 Å². The van der Waals surface area contributed by atoms with Crippen molar-refractivity contribution in [3.05, 3.63) is 42.2 Å². The molecule has 10 heteroatoms. The van der Waals surface area contributed by atoms with E-state index in [1.54, 1.807) is 0 Å². The Morgan fingerprint density at radius 1 is 1.04 bits per heavy atom. The molecule has 3 aliphatic rings. The van der Waals surface area contributed by atoms with E-state index in [9.17, 15) is 8.42 Å². The van der Waals surface area contributed by atoms with E-state index in [0.717, 1.165) is 34.3 Å². The number of aromatic amines is 1. The van der Waals surface area contributed by atoms with E-state index in [1.165, 1.54) is 10.6 Å². The molecule has 8 nitrogen and oxygen atoms in total. The number of halogens is 1. The quantitative estimate of drug-likeness (QED) is 0.684. The number of hydrogen-bond acceptors (Lipinski definition) is 5. The minimum atomic E-state index is -3.15. The third-order valence-corrected chi connectivity index (χ3v) is 5.95. The van der Waals surface area contributed by atoms with Crippen molar-refractivity contribution in [2.24, 2.45) is 0 Å². The lowest BCUT2D eigenvalue weighted by molar-refractivity contribution is 0.387. The standard InChI is InChI=1S/C18H21N5O2S.ClH.H2O/c1-13-19-16-12-15(14-6-4-3-5-7-14)21-17(16)18(20-13)22-8-10-23(11-9-22)26(2,24)25;;/h3-7,12H,8-11H2,1-2H3,(H,19,20);1H;1H2. The van der Waals surface area contributed by atoms with Gasteiger partial charge in [0.05, 0.1) is 17.6 Å². The number of fused-ring (bicyclic) bond motifs is 1. The van der Waals surface area contributed by atoms with Crippen LogP contribution in [0.15, 0.2) is 36.4 Å². The number of benzene rings is 1. The van der Waals surface area contributed by atoms with Gasteiger partial charge in [0.25, 0.3) is 0 Å². The monoisotopic (exact) mass is 425 g/mol. The molecule has 4 rings (SSSR count). The maximum absolute atomic E-state index is 11.7. The zero-order chi connectivity index (χ0) is 18.3. The van der Waals surface area contributed by atoms with Gasteiger partial charge in [-0.15, -0.1) is 12.4 Å². The van der Waals surface area contributed by atoms with Gasteiger partial charge in [0.15, 0.2) is 5.82 Å². The number of rotatable bonds is 3. The smallest absolute Gasteiger partial charge is 0.211 e. The third kappa shape index (κ3) is 4.27. The first kappa shape index (κ1) is 22.1. The molecule has 152 valence electrons. The maximum atomic E-state index is 11.7. The Hall–Kier alpha value is -2.20. The molecule has 0 saturated carbocycles. The minimum absolute atomic E-state index is 0. The molecule has 3 heterocycles. The molecule has 0 bridgehead atoms. The van der Waals surface area contributed by atoms with Crippen molar-refractivity contribution in [3.63, 3.8) is 0 Å². The number of H-pyrrole nitrogens is 1. The number of aryl methyl sites for hydroxylation is 1. The Morgan fingerprint density at radius 2 is 1.68 bits per heavy atom. The van der Waals surface area contributed by atoms with Crippen molar-refractivity contribution in [1.29, 1.82) is 0 Å². The number of piperazine rings is 1. The summed E-state index contributed by atoms with van der Waals surface area (Å²) in [5.74, 6) is 1.62. The Labute approximate surface area is 170 Å². The molecule has 0 spiro atoms. The largest absolute Gasteiger partial charge is 0.412 e. The Balaban J connectivity index is 0.00000140. The van der Waals surface area contributed by atoms with Gasteiger partial charge < -0.3 is 15.4 Å². The number of sulfonamides is 1. The van der Waals surface area contributed by atoms with Crippen molar-refractivity contribution in [2.45, 2.75) is 6.92 Å². The number of hydrogen-bond donors (Lipinski definition) is 1. The number of anilines is 1. The Morgan fingerprint density at radius 3 is 2.29 bits per heavy atom. The summed E-state index contributed by atoms with van der Waals surface area (Å²) in [5, 5.41) is 0. The van der Waals surface area contributed by atoms with Crippen LogP contribution in [0.4, 0.5) is 5.82 Å². The number of nitrogens with zero attached hydrogens (tertiary/aromatic N) is 4. The van der Waals surface area contributed by atoms with E-state index in [0.29, 0.717) is 26.2 Å². The van der Waals surface area contributed by atoms with E-state index in [2.05, 4.69) is 14.9 Å². The summed E-state index contributed by atoms with van der Waals surface area (Å²) >= 11 is 0. The van der Waals surface area contributed by atoms with Gasteiger partial charge >= 0.3 is 0 Å². The summed E-state index contributed by atoms with van der Waals surface area (Å²) < 4.78 is 25.0. The summed E-state index contributed by atoms with van der Waals surface area (Å²) in [7, 11) is -3.15. The van der Waals surface area contributed by atoms with Crippen LogP contribution in [-0.4, -0.2) is 65.6 Å². The molecular weight excluding hydrogens is 402 g/mol. The van der Waals surface area contributed by atoms with Crippen LogP contribution in [0.25, 0.3) is 22.6 Å². The van der Waals surface area contributed by atoms with Crippen LogP contribution in [0.5, 0.6) is 0 Å². The van der Waals surface area contributed by atoms with Gasteiger partial charge in [-0.25, -0.2) is 18.4 Å². The lowest BCUT2D eigenvalue weighted by Gasteiger charge is -2.34. The summed E-state index contributed by atoms with van der Waals surface area (Å²) in [4.78, 5) is 14.9. The summed E-state index contributed by atoms with van der Waals surface area (Å²) in [5.41, 5.74) is 3.72. The molecule has 0 radical (unpaired) electrons. The summed E-state index contributed by atoms with van der Waals surface area (Å²) in [6, 6.07) is 12.1. The lowest BCUT2D eigenvalue weighted by atomic mass is 10.1. The van der Waals surface area contributed by atoms with E-state index < -0.39 is 10.0 Å². The zero-order valence-electron chi connectivity index (χ0n) is 15.7. The van der Waals surface area contributed by atoms with Gasteiger partial charge in [0, 0.05) is 31.7 Å². The fourth-order valence-corrected chi connectivity index (χ4v) is 4.15. The highest BCUT2D eigenvalue weighted by molar-refractivity contribution is 7.88. The SMILES string of the molecule is Cc1nc(N2CCN(S(C)(=O)=O)CC2)c2nc(-c3ccccc3)cc-2[nH]1.Cl.O. The highest BCUT2D eigenvalue weighted by Gasteiger charge is 2.27. The van der Waals surface area contributed by atoms with Crippen molar-refractivity contribution >= 4 is 28.2 Å². The molecule has 0 amide bonds. The second-order valence-electron chi connectivity index (χ2n) is 6.56. The normalized spacial score (nSPS) is 15.1. The molecule has 1 fully saturated rings. The predicted octanol–water partition coefficient (Wildman–Crippen LogP) is 1.56. The summed E-state index contributed by atoms with van der Waals surface area (Å²) in [6.07, 6.45) is 1.26. The van der Waals surface area contributed by atoms with Crippen LogP contribution in [0.2, 0.25) is 0 Å². The fourth-order valence-electron chi connectivity index (χ4n) is 3.33. The second kappa shape index (κ2) is 8.44. The summed E-state index contributed by atoms with van der Waals surface area (Å²) in [6.45, 7) is 4.06. The van der Waals surface area contributed by atoms with Crippen LogP contribution in [0, 0.1) is 6.92 Å². The van der Waals surface area contributed by atoms with Gasteiger partial charge in [0.1, 0.15) is 11.5 Å². The van der Waals surface area contributed by atoms with E-state index in [4.69, 9.17) is 4.98 Å². The molecule has 3 aliphatic heterocycles. The average Bonchev–Trinajstić information content (AvgIpc) is 3.05. The molecule has 3 N–H and O–H groups in total. The first-order valence-corrected chi connectivity index (χ1v) is 10.4. The van der Waals surface area contributed by atoms with Crippen LogP contribution in [0.1, 0.15) is 5.82 Å². The molecule has 1 saturated heterocycles. The highest BCUT2D eigenvalue weighted by atomic mass is 35.5. The van der Waals surface area contributed by atoms with Crippen LogP contribution in [-0.2, 0) is 10.0 Å². The van der Waals surface area contributed by atoms with Gasteiger partial charge in [-0.3, -0.25) is 0 Å². The van der Waals surface area contributed by atoms with E-state index >= 15 is 0 Å². The van der Waals surface area contributed by atoms with Crippen LogP contribution < -0.4 is 4.90 Å². The molecular formula is C18H24ClN5O3S. The van der Waals surface area contributed by atoms with Crippen LogP contribution in [0.3, 0.4) is 0 Å². The van der Waals surface area contributed by atoms with Crippen molar-refractivity contribution in [3.8, 4) is 22.6 Å². The van der Waals surface area contributed by atoms with Crippen molar-refractivity contribution in [1.82, 2.24) is 19.3 Å². The molecule has 0 unspecified atom stereocenters. The second-order valence-corrected chi connectivity index (χ2v) is 8.55. The molecule has 1 aromatic rings. The predicted molar refractivity (Wildman–Crippen MR) is 113 cm³/mol. The maximum Gasteiger partial charge on any atom is 0.211 e. The van der Waals surface area contributed by atoms with Gasteiger partial charge in [-0.1, -0.05) is 30.3 Å². The number of nitrogens with one attached hydrogen (secondary N) is 1. The van der Waals surface area contributed by atoms with E-state index in [1.807, 2.05) is 43.3 Å². The first-order chi connectivity index (χ1) is 12.4. The van der Waals surface area contributed by atoms with Gasteiger partial charge in [0.2, 0.25) is 10.0 Å². The van der Waals surface area contributed by atoms with Gasteiger partial charge in [-0.2, -0.15) is 4.31 Å². The minimum Gasteiger partial charge on any atom is -0.412 e. The topological polar surface area (TPSA) is 114 Å². The van der Waals surface area contributed by atoms with Crippen LogP contribution >= 0.6 is 12.4 Å². The average molecular weight is 426 g/mol. The molecule has 1 aromatic carbocycles. The third-order valence-electron chi connectivity index (χ3n) is 4.65.